The van der Waals surface area contributed by atoms with Crippen molar-refractivity contribution in [2.45, 2.75) is 37.4 Å². The third kappa shape index (κ3) is 2.55. The summed E-state index contributed by atoms with van der Waals surface area (Å²) < 4.78 is 26.0. The predicted octanol–water partition coefficient (Wildman–Crippen LogP) is 0.993. The van der Waals surface area contributed by atoms with Crippen LogP contribution in [-0.4, -0.2) is 35.9 Å². The minimum atomic E-state index is -3.53. The Morgan fingerprint density at radius 1 is 1.50 bits per heavy atom. The lowest BCUT2D eigenvalue weighted by Crippen LogP contribution is -2.36. The molecule has 1 heterocycles. The number of nitrogens with zero attached hydrogens (tertiary/aromatic N) is 2. The van der Waals surface area contributed by atoms with Crippen LogP contribution in [0.4, 0.5) is 0 Å². The Morgan fingerprint density at radius 2 is 2.17 bits per heavy atom. The molecule has 2 rings (SSSR count). The Balaban J connectivity index is 2.23. The largest absolute Gasteiger partial charge is 0.392 e. The van der Waals surface area contributed by atoms with Crippen LogP contribution in [0, 0.1) is 5.92 Å². The van der Waals surface area contributed by atoms with Gasteiger partial charge in [-0.25, -0.2) is 13.4 Å². The molecule has 1 saturated carbocycles. The lowest BCUT2D eigenvalue weighted by Gasteiger charge is -2.23. The molecule has 1 aromatic heterocycles. The van der Waals surface area contributed by atoms with Crippen LogP contribution in [0.2, 0.25) is 0 Å². The number of aromatic nitrogens is 1. The number of aliphatic hydroxyl groups is 1. The summed E-state index contributed by atoms with van der Waals surface area (Å²) >= 11 is 0. The average Bonchev–Trinajstić information content (AvgIpc) is 3.21. The van der Waals surface area contributed by atoms with Gasteiger partial charge in [-0.05, 0) is 37.3 Å². The van der Waals surface area contributed by atoms with Gasteiger partial charge >= 0.3 is 0 Å². The first-order chi connectivity index (χ1) is 8.46. The second-order valence-electron chi connectivity index (χ2n) is 4.76. The van der Waals surface area contributed by atoms with Crippen molar-refractivity contribution in [2.24, 2.45) is 5.92 Å². The van der Waals surface area contributed by atoms with Crippen molar-refractivity contribution >= 4 is 10.0 Å². The van der Waals surface area contributed by atoms with E-state index in [-0.39, 0.29) is 17.7 Å². The maximum absolute atomic E-state index is 12.3. The van der Waals surface area contributed by atoms with Crippen molar-refractivity contribution in [3.05, 3.63) is 23.9 Å². The van der Waals surface area contributed by atoms with Crippen LogP contribution >= 0.6 is 0 Å². The van der Waals surface area contributed by atoms with Gasteiger partial charge in [-0.15, -0.1) is 0 Å². The molecule has 1 aliphatic rings. The summed E-state index contributed by atoms with van der Waals surface area (Å²) in [6, 6.07) is 3.03. The second kappa shape index (κ2) is 4.95. The average molecular weight is 270 g/mol. The van der Waals surface area contributed by atoms with E-state index < -0.39 is 10.0 Å². The van der Waals surface area contributed by atoms with Gasteiger partial charge < -0.3 is 5.11 Å². The van der Waals surface area contributed by atoms with Gasteiger partial charge in [-0.2, -0.15) is 4.31 Å². The molecule has 0 radical (unpaired) electrons. The van der Waals surface area contributed by atoms with Crippen molar-refractivity contribution in [3.63, 3.8) is 0 Å². The molecule has 100 valence electrons. The molecule has 0 bridgehead atoms. The van der Waals surface area contributed by atoms with Crippen LogP contribution in [-0.2, 0) is 16.6 Å². The van der Waals surface area contributed by atoms with Crippen molar-refractivity contribution in [3.8, 4) is 0 Å². The van der Waals surface area contributed by atoms with E-state index in [4.69, 9.17) is 5.11 Å². The van der Waals surface area contributed by atoms with E-state index in [0.717, 1.165) is 12.8 Å². The van der Waals surface area contributed by atoms with E-state index in [1.807, 2.05) is 6.92 Å². The van der Waals surface area contributed by atoms with Gasteiger partial charge in [0.15, 0.2) is 5.03 Å². The summed E-state index contributed by atoms with van der Waals surface area (Å²) in [4.78, 5) is 3.91. The van der Waals surface area contributed by atoms with Crippen molar-refractivity contribution in [2.75, 3.05) is 7.05 Å². The van der Waals surface area contributed by atoms with E-state index in [9.17, 15) is 8.42 Å². The second-order valence-corrected chi connectivity index (χ2v) is 6.71. The van der Waals surface area contributed by atoms with Crippen LogP contribution in [0.3, 0.4) is 0 Å². The molecule has 0 amide bonds. The monoisotopic (exact) mass is 270 g/mol. The fraction of sp³-hybridized carbons (Fsp3) is 0.583. The standard InChI is InChI=1S/C12H18N2O3S/c1-9(11-4-5-11)14(2)18(16,17)12-6-3-10(8-15)7-13-12/h3,6-7,9,11,15H,4-5,8H2,1-2H3. The topological polar surface area (TPSA) is 70.5 Å². The fourth-order valence-corrected chi connectivity index (χ4v) is 3.23. The summed E-state index contributed by atoms with van der Waals surface area (Å²) in [6.07, 6.45) is 3.58. The molecular formula is C12H18N2O3S. The lowest BCUT2D eigenvalue weighted by atomic mass is 10.2. The molecular weight excluding hydrogens is 252 g/mol. The highest BCUT2D eigenvalue weighted by Crippen LogP contribution is 2.36. The molecule has 0 aliphatic heterocycles. The Morgan fingerprint density at radius 3 is 2.61 bits per heavy atom. The van der Waals surface area contributed by atoms with E-state index in [2.05, 4.69) is 4.98 Å². The lowest BCUT2D eigenvalue weighted by molar-refractivity contribution is 0.281. The van der Waals surface area contributed by atoms with E-state index in [1.54, 1.807) is 13.1 Å². The molecule has 1 N–H and O–H groups in total. The normalized spacial score (nSPS) is 18.0. The van der Waals surface area contributed by atoms with Gasteiger partial charge in [0.1, 0.15) is 0 Å². The molecule has 1 unspecified atom stereocenters. The maximum atomic E-state index is 12.3. The maximum Gasteiger partial charge on any atom is 0.260 e. The van der Waals surface area contributed by atoms with Gasteiger partial charge in [0.2, 0.25) is 0 Å². The molecule has 0 spiro atoms. The van der Waals surface area contributed by atoms with Crippen LogP contribution in [0.15, 0.2) is 23.4 Å². The molecule has 18 heavy (non-hydrogen) atoms. The first-order valence-corrected chi connectivity index (χ1v) is 7.44. The minimum Gasteiger partial charge on any atom is -0.392 e. The number of sulfonamides is 1. The summed E-state index contributed by atoms with van der Waals surface area (Å²) in [5, 5.41) is 8.95. The number of hydrogen-bond donors (Lipinski definition) is 1. The molecule has 1 fully saturated rings. The van der Waals surface area contributed by atoms with Gasteiger partial charge in [0.25, 0.3) is 10.0 Å². The molecule has 5 nitrogen and oxygen atoms in total. The zero-order valence-electron chi connectivity index (χ0n) is 10.6. The molecule has 1 aromatic rings. The number of aliphatic hydroxyl groups excluding tert-OH is 1. The SMILES string of the molecule is CC(C1CC1)N(C)S(=O)(=O)c1ccc(CO)cn1. The number of hydrogen-bond acceptors (Lipinski definition) is 4. The van der Waals surface area contributed by atoms with Crippen molar-refractivity contribution in [1.29, 1.82) is 0 Å². The summed E-state index contributed by atoms with van der Waals surface area (Å²) in [7, 11) is -1.93. The highest BCUT2D eigenvalue weighted by atomic mass is 32.2. The minimum absolute atomic E-state index is 0.00863. The Labute approximate surface area is 108 Å². The molecule has 6 heteroatoms. The first-order valence-electron chi connectivity index (χ1n) is 6.00. The van der Waals surface area contributed by atoms with E-state index >= 15 is 0 Å². The van der Waals surface area contributed by atoms with Crippen LogP contribution in [0.1, 0.15) is 25.3 Å². The van der Waals surface area contributed by atoms with Crippen LogP contribution < -0.4 is 0 Å². The zero-order chi connectivity index (χ0) is 13.3. The highest BCUT2D eigenvalue weighted by Gasteiger charge is 2.36. The van der Waals surface area contributed by atoms with Crippen LogP contribution in [0.25, 0.3) is 0 Å². The predicted molar refractivity (Wildman–Crippen MR) is 67.3 cm³/mol. The van der Waals surface area contributed by atoms with Crippen molar-refractivity contribution in [1.82, 2.24) is 9.29 Å². The molecule has 1 atom stereocenters. The Kier molecular flexibility index (Phi) is 3.70. The van der Waals surface area contributed by atoms with Crippen molar-refractivity contribution < 1.29 is 13.5 Å². The van der Waals surface area contributed by atoms with Gasteiger partial charge in [-0.1, -0.05) is 6.07 Å². The third-order valence-electron chi connectivity index (χ3n) is 3.50. The fourth-order valence-electron chi connectivity index (χ4n) is 1.90. The zero-order valence-corrected chi connectivity index (χ0v) is 11.4. The smallest absolute Gasteiger partial charge is 0.260 e. The van der Waals surface area contributed by atoms with Crippen LogP contribution in [0.5, 0.6) is 0 Å². The summed E-state index contributed by atoms with van der Waals surface area (Å²) in [6.45, 7) is 1.79. The highest BCUT2D eigenvalue weighted by molar-refractivity contribution is 7.89. The molecule has 0 saturated heterocycles. The van der Waals surface area contributed by atoms with Gasteiger partial charge in [0.05, 0.1) is 6.61 Å². The number of pyridine rings is 1. The first kappa shape index (κ1) is 13.5. The molecule has 0 aromatic carbocycles. The van der Waals surface area contributed by atoms with E-state index in [1.165, 1.54) is 16.6 Å². The Bertz CT molecular complexity index is 509. The quantitative estimate of drug-likeness (QED) is 0.866. The molecule has 1 aliphatic carbocycles. The third-order valence-corrected chi connectivity index (χ3v) is 5.36. The summed E-state index contributed by atoms with van der Waals surface area (Å²) in [5.41, 5.74) is 0.604. The van der Waals surface area contributed by atoms with E-state index in [0.29, 0.717) is 11.5 Å². The number of rotatable bonds is 5. The summed E-state index contributed by atoms with van der Waals surface area (Å²) in [5.74, 6) is 0.474. The van der Waals surface area contributed by atoms with Gasteiger partial charge in [-0.3, -0.25) is 0 Å². The Hall–Kier alpha value is -0.980. The van der Waals surface area contributed by atoms with Gasteiger partial charge in [0, 0.05) is 19.3 Å².